The molecule has 1 aliphatic carbocycles. The number of allylic oxidation sites excluding steroid dienone is 1. The molecular weight excluding hydrogens is 136 g/mol. The van der Waals surface area contributed by atoms with Gasteiger partial charge in [-0.25, -0.2) is 0 Å². The van der Waals surface area contributed by atoms with Crippen molar-refractivity contribution >= 4 is 0 Å². The van der Waals surface area contributed by atoms with Crippen LogP contribution in [0.5, 0.6) is 0 Å². The summed E-state index contributed by atoms with van der Waals surface area (Å²) in [5.74, 6) is 0.855. The van der Waals surface area contributed by atoms with Gasteiger partial charge in [-0.05, 0) is 31.6 Å². The third-order valence-electron chi connectivity index (χ3n) is 2.25. The van der Waals surface area contributed by atoms with Crippen LogP contribution in [0.25, 0.3) is 0 Å². The number of aliphatic hydroxyl groups is 1. The zero-order chi connectivity index (χ0) is 8.10. The van der Waals surface area contributed by atoms with Crippen LogP contribution in [0.15, 0.2) is 12.7 Å². The van der Waals surface area contributed by atoms with Crippen molar-refractivity contribution in [2.75, 3.05) is 0 Å². The molecule has 1 atom stereocenters. The summed E-state index contributed by atoms with van der Waals surface area (Å²) < 4.78 is 0. The summed E-state index contributed by atoms with van der Waals surface area (Å²) in [4.78, 5) is 0. The molecule has 64 valence electrons. The molecule has 0 saturated heterocycles. The minimum atomic E-state index is -0.0394. The molecule has 1 nitrogen and oxygen atoms in total. The first-order valence-electron chi connectivity index (χ1n) is 4.62. The lowest BCUT2D eigenvalue weighted by Gasteiger charge is -2.07. The van der Waals surface area contributed by atoms with Gasteiger partial charge >= 0.3 is 0 Å². The normalized spacial score (nSPS) is 19.7. The van der Waals surface area contributed by atoms with Crippen LogP contribution >= 0.6 is 0 Å². The van der Waals surface area contributed by atoms with Gasteiger partial charge in [0.2, 0.25) is 0 Å². The van der Waals surface area contributed by atoms with Crippen molar-refractivity contribution in [1.82, 2.24) is 0 Å². The molecule has 1 saturated carbocycles. The predicted molar refractivity (Wildman–Crippen MR) is 47.4 cm³/mol. The van der Waals surface area contributed by atoms with E-state index < -0.39 is 0 Å². The Morgan fingerprint density at radius 2 is 2.27 bits per heavy atom. The van der Waals surface area contributed by atoms with E-state index in [0.29, 0.717) is 0 Å². The molecule has 0 radical (unpaired) electrons. The van der Waals surface area contributed by atoms with Gasteiger partial charge in [0.25, 0.3) is 0 Å². The van der Waals surface area contributed by atoms with Crippen molar-refractivity contribution in [3.63, 3.8) is 0 Å². The number of hydrogen-bond donors (Lipinski definition) is 1. The molecule has 0 heterocycles. The maximum atomic E-state index is 9.45. The Balaban J connectivity index is 1.91. The van der Waals surface area contributed by atoms with Crippen LogP contribution in [0, 0.1) is 5.92 Å². The van der Waals surface area contributed by atoms with Gasteiger partial charge in [-0.15, -0.1) is 6.58 Å². The van der Waals surface area contributed by atoms with E-state index in [1.807, 2.05) is 6.08 Å². The van der Waals surface area contributed by atoms with Crippen molar-refractivity contribution in [3.8, 4) is 0 Å². The minimum Gasteiger partial charge on any atom is -0.393 e. The molecule has 1 rings (SSSR count). The second-order valence-corrected chi connectivity index (χ2v) is 3.55. The van der Waals surface area contributed by atoms with E-state index in [0.717, 1.165) is 31.6 Å². The van der Waals surface area contributed by atoms with Crippen LogP contribution in [0.4, 0.5) is 0 Å². The molecule has 0 aromatic heterocycles. The summed E-state index contributed by atoms with van der Waals surface area (Å²) in [5.41, 5.74) is 0. The number of rotatable bonds is 6. The topological polar surface area (TPSA) is 20.2 Å². The average molecular weight is 154 g/mol. The maximum absolute atomic E-state index is 9.45. The second-order valence-electron chi connectivity index (χ2n) is 3.55. The quantitative estimate of drug-likeness (QED) is 0.460. The Bertz CT molecular complexity index is 116. The summed E-state index contributed by atoms with van der Waals surface area (Å²) in [6, 6.07) is 0. The molecular formula is C10H18O. The Morgan fingerprint density at radius 1 is 1.55 bits per heavy atom. The van der Waals surface area contributed by atoms with Gasteiger partial charge in [0, 0.05) is 0 Å². The fourth-order valence-corrected chi connectivity index (χ4v) is 1.35. The van der Waals surface area contributed by atoms with Gasteiger partial charge in [-0.2, -0.15) is 0 Å². The van der Waals surface area contributed by atoms with Crippen molar-refractivity contribution in [2.45, 2.75) is 44.6 Å². The highest BCUT2D eigenvalue weighted by Crippen LogP contribution is 2.34. The maximum Gasteiger partial charge on any atom is 0.0543 e. The van der Waals surface area contributed by atoms with E-state index in [1.165, 1.54) is 12.8 Å². The number of aliphatic hydroxyl groups excluding tert-OH is 1. The standard InChI is InChI=1S/C10H18O/c1-2-3-4-5-10(11)8-9-6-7-9/h2,9-11H,1,3-8H2. The lowest BCUT2D eigenvalue weighted by Crippen LogP contribution is -2.06. The molecule has 1 fully saturated rings. The zero-order valence-electron chi connectivity index (χ0n) is 7.13. The van der Waals surface area contributed by atoms with Crippen molar-refractivity contribution in [2.24, 2.45) is 5.92 Å². The Hall–Kier alpha value is -0.300. The van der Waals surface area contributed by atoms with Crippen LogP contribution < -0.4 is 0 Å². The Kier molecular flexibility index (Phi) is 3.64. The third-order valence-corrected chi connectivity index (χ3v) is 2.25. The first-order valence-corrected chi connectivity index (χ1v) is 4.62. The Morgan fingerprint density at radius 3 is 2.82 bits per heavy atom. The largest absolute Gasteiger partial charge is 0.393 e. The fourth-order valence-electron chi connectivity index (χ4n) is 1.35. The SMILES string of the molecule is C=CCCCC(O)CC1CC1. The second kappa shape index (κ2) is 4.55. The van der Waals surface area contributed by atoms with Crippen LogP contribution in [0.1, 0.15) is 38.5 Å². The highest BCUT2D eigenvalue weighted by molar-refractivity contribution is 4.77. The van der Waals surface area contributed by atoms with Gasteiger partial charge in [-0.1, -0.05) is 18.9 Å². The smallest absolute Gasteiger partial charge is 0.0543 e. The van der Waals surface area contributed by atoms with E-state index in [9.17, 15) is 5.11 Å². The first-order chi connectivity index (χ1) is 5.33. The monoisotopic (exact) mass is 154 g/mol. The van der Waals surface area contributed by atoms with Crippen molar-refractivity contribution in [1.29, 1.82) is 0 Å². The van der Waals surface area contributed by atoms with Crippen LogP contribution in [0.2, 0.25) is 0 Å². The molecule has 0 bridgehead atoms. The molecule has 0 spiro atoms. The summed E-state index contributed by atoms with van der Waals surface area (Å²) >= 11 is 0. The molecule has 0 aromatic carbocycles. The molecule has 0 amide bonds. The average Bonchev–Trinajstić information content (AvgIpc) is 2.72. The van der Waals surface area contributed by atoms with Gasteiger partial charge in [0.05, 0.1) is 6.10 Å². The van der Waals surface area contributed by atoms with Crippen LogP contribution in [-0.4, -0.2) is 11.2 Å². The van der Waals surface area contributed by atoms with Gasteiger partial charge in [0.15, 0.2) is 0 Å². The number of unbranched alkanes of at least 4 members (excludes halogenated alkanes) is 1. The van der Waals surface area contributed by atoms with E-state index in [-0.39, 0.29) is 6.10 Å². The van der Waals surface area contributed by atoms with E-state index in [1.54, 1.807) is 0 Å². The molecule has 0 aromatic rings. The summed E-state index contributed by atoms with van der Waals surface area (Å²) in [5, 5.41) is 9.45. The van der Waals surface area contributed by atoms with E-state index in [2.05, 4.69) is 6.58 Å². The van der Waals surface area contributed by atoms with Gasteiger partial charge < -0.3 is 5.11 Å². The molecule has 1 unspecified atom stereocenters. The third kappa shape index (κ3) is 4.20. The van der Waals surface area contributed by atoms with Crippen molar-refractivity contribution in [3.05, 3.63) is 12.7 Å². The van der Waals surface area contributed by atoms with E-state index >= 15 is 0 Å². The highest BCUT2D eigenvalue weighted by atomic mass is 16.3. The lowest BCUT2D eigenvalue weighted by atomic mass is 10.1. The first kappa shape index (κ1) is 8.79. The summed E-state index contributed by atoms with van der Waals surface area (Å²) in [7, 11) is 0. The number of hydrogen-bond acceptors (Lipinski definition) is 1. The summed E-state index contributed by atoms with van der Waals surface area (Å²) in [6.07, 6.45) is 8.71. The van der Waals surface area contributed by atoms with Crippen LogP contribution in [0.3, 0.4) is 0 Å². The van der Waals surface area contributed by atoms with Gasteiger partial charge in [0.1, 0.15) is 0 Å². The van der Waals surface area contributed by atoms with Crippen molar-refractivity contribution < 1.29 is 5.11 Å². The van der Waals surface area contributed by atoms with Gasteiger partial charge in [-0.3, -0.25) is 0 Å². The molecule has 11 heavy (non-hydrogen) atoms. The molecule has 1 N–H and O–H groups in total. The minimum absolute atomic E-state index is 0.0394. The molecule has 0 aliphatic heterocycles. The zero-order valence-corrected chi connectivity index (χ0v) is 7.13. The summed E-state index contributed by atoms with van der Waals surface area (Å²) in [6.45, 7) is 3.65. The predicted octanol–water partition coefficient (Wildman–Crippen LogP) is 2.50. The van der Waals surface area contributed by atoms with Crippen LogP contribution in [-0.2, 0) is 0 Å². The van der Waals surface area contributed by atoms with E-state index in [4.69, 9.17) is 0 Å². The molecule has 1 aliphatic rings. The highest BCUT2D eigenvalue weighted by Gasteiger charge is 2.23. The lowest BCUT2D eigenvalue weighted by molar-refractivity contribution is 0.146. The Labute approximate surface area is 69.1 Å². The fraction of sp³-hybridized carbons (Fsp3) is 0.800. The molecule has 1 heteroatoms.